The van der Waals surface area contributed by atoms with Gasteiger partial charge in [-0.1, -0.05) is 11.6 Å². The maximum absolute atomic E-state index is 11.9. The van der Waals surface area contributed by atoms with Crippen molar-refractivity contribution in [1.82, 2.24) is 9.78 Å². The minimum absolute atomic E-state index is 0.0922. The molecule has 0 aliphatic carbocycles. The fraction of sp³-hybridized carbons (Fsp3) is 0.636. The second kappa shape index (κ2) is 5.51. The van der Waals surface area contributed by atoms with Gasteiger partial charge in [0.05, 0.1) is 13.3 Å². The zero-order chi connectivity index (χ0) is 12.3. The van der Waals surface area contributed by atoms with Crippen LogP contribution in [0.2, 0.25) is 5.02 Å². The number of hydrogen-bond acceptors (Lipinski definition) is 4. The first-order valence-electron chi connectivity index (χ1n) is 5.59. The highest BCUT2D eigenvalue weighted by atomic mass is 35.5. The minimum Gasteiger partial charge on any atom is -0.493 e. The normalized spacial score (nSPS) is 17.1. The fourth-order valence-electron chi connectivity index (χ4n) is 1.90. The van der Waals surface area contributed by atoms with Crippen LogP contribution in [-0.2, 0) is 11.3 Å². The average Bonchev–Trinajstić information content (AvgIpc) is 2.37. The van der Waals surface area contributed by atoms with E-state index in [-0.39, 0.29) is 10.6 Å². The topological polar surface area (TPSA) is 53.4 Å². The first-order valence-corrected chi connectivity index (χ1v) is 5.97. The largest absolute Gasteiger partial charge is 0.493 e. The van der Waals surface area contributed by atoms with E-state index in [1.807, 2.05) is 0 Å². The molecular formula is C11H15ClN2O3. The minimum atomic E-state index is -0.294. The summed E-state index contributed by atoms with van der Waals surface area (Å²) in [6.07, 6.45) is 3.39. The predicted molar refractivity (Wildman–Crippen MR) is 63.6 cm³/mol. The van der Waals surface area contributed by atoms with Gasteiger partial charge in [0.15, 0.2) is 10.8 Å². The second-order valence-electron chi connectivity index (χ2n) is 4.07. The van der Waals surface area contributed by atoms with Crippen LogP contribution in [-0.4, -0.2) is 30.1 Å². The SMILES string of the molecule is COc1cnn(CC2CCOCC2)c(=O)c1Cl. The summed E-state index contributed by atoms with van der Waals surface area (Å²) in [5.74, 6) is 0.748. The van der Waals surface area contributed by atoms with Crippen LogP contribution in [0.4, 0.5) is 0 Å². The van der Waals surface area contributed by atoms with E-state index in [2.05, 4.69) is 5.10 Å². The molecule has 1 saturated heterocycles. The van der Waals surface area contributed by atoms with Crippen molar-refractivity contribution >= 4 is 11.6 Å². The van der Waals surface area contributed by atoms with Crippen molar-refractivity contribution in [3.63, 3.8) is 0 Å². The number of methoxy groups -OCH3 is 1. The van der Waals surface area contributed by atoms with Crippen molar-refractivity contribution in [1.29, 1.82) is 0 Å². The van der Waals surface area contributed by atoms with Crippen LogP contribution in [0.3, 0.4) is 0 Å². The lowest BCUT2D eigenvalue weighted by atomic mass is 10.0. The molecule has 0 atom stereocenters. The Labute approximate surface area is 104 Å². The Hall–Kier alpha value is -1.07. The smallest absolute Gasteiger partial charge is 0.289 e. The Kier molecular flexibility index (Phi) is 4.02. The summed E-state index contributed by atoms with van der Waals surface area (Å²) in [4.78, 5) is 11.9. The Balaban J connectivity index is 2.16. The lowest BCUT2D eigenvalue weighted by Gasteiger charge is -2.22. The molecule has 0 saturated carbocycles. The molecule has 2 rings (SSSR count). The van der Waals surface area contributed by atoms with Crippen LogP contribution >= 0.6 is 11.6 Å². The van der Waals surface area contributed by atoms with Crippen molar-refractivity contribution in [2.24, 2.45) is 5.92 Å². The number of rotatable bonds is 3. The quantitative estimate of drug-likeness (QED) is 0.821. The standard InChI is InChI=1S/C11H15ClN2O3/c1-16-9-6-13-14(11(15)10(9)12)7-8-2-4-17-5-3-8/h6,8H,2-5,7H2,1H3. The first-order chi connectivity index (χ1) is 8.22. The zero-order valence-electron chi connectivity index (χ0n) is 9.69. The molecule has 0 bridgehead atoms. The van der Waals surface area contributed by atoms with Gasteiger partial charge in [-0.2, -0.15) is 5.10 Å². The van der Waals surface area contributed by atoms with Gasteiger partial charge >= 0.3 is 0 Å². The molecule has 5 nitrogen and oxygen atoms in total. The summed E-state index contributed by atoms with van der Waals surface area (Å²) in [5.41, 5.74) is -0.294. The number of ether oxygens (including phenoxy) is 2. The van der Waals surface area contributed by atoms with Crippen molar-refractivity contribution in [3.05, 3.63) is 21.6 Å². The van der Waals surface area contributed by atoms with Gasteiger partial charge in [0, 0.05) is 19.8 Å². The molecule has 0 aromatic carbocycles. The summed E-state index contributed by atoms with van der Waals surface area (Å²) in [7, 11) is 1.46. The van der Waals surface area contributed by atoms with Gasteiger partial charge in [-0.15, -0.1) is 0 Å². The molecule has 1 aromatic heterocycles. The second-order valence-corrected chi connectivity index (χ2v) is 4.45. The third-order valence-corrected chi connectivity index (χ3v) is 3.29. The predicted octanol–water partition coefficient (Wildman–Crippen LogP) is 1.33. The van der Waals surface area contributed by atoms with Gasteiger partial charge < -0.3 is 9.47 Å². The van der Waals surface area contributed by atoms with Gasteiger partial charge in [-0.25, -0.2) is 4.68 Å². The summed E-state index contributed by atoms with van der Waals surface area (Å²) < 4.78 is 11.6. The fourth-order valence-corrected chi connectivity index (χ4v) is 2.12. The first kappa shape index (κ1) is 12.4. The third kappa shape index (κ3) is 2.79. The van der Waals surface area contributed by atoms with Crippen LogP contribution < -0.4 is 10.3 Å². The Bertz CT molecular complexity index is 441. The average molecular weight is 259 g/mol. The Morgan fingerprint density at radius 1 is 1.59 bits per heavy atom. The van der Waals surface area contributed by atoms with E-state index >= 15 is 0 Å². The number of hydrogen-bond donors (Lipinski definition) is 0. The van der Waals surface area contributed by atoms with E-state index in [0.717, 1.165) is 26.1 Å². The molecule has 17 heavy (non-hydrogen) atoms. The summed E-state index contributed by atoms with van der Waals surface area (Å²) in [6, 6.07) is 0. The highest BCUT2D eigenvalue weighted by molar-refractivity contribution is 6.31. The van der Waals surface area contributed by atoms with Gasteiger partial charge in [0.2, 0.25) is 0 Å². The lowest BCUT2D eigenvalue weighted by molar-refractivity contribution is 0.0596. The van der Waals surface area contributed by atoms with E-state index in [9.17, 15) is 4.79 Å². The van der Waals surface area contributed by atoms with Crippen molar-refractivity contribution in [2.45, 2.75) is 19.4 Å². The van der Waals surface area contributed by atoms with E-state index in [1.165, 1.54) is 18.0 Å². The lowest BCUT2D eigenvalue weighted by Crippen LogP contribution is -2.29. The Morgan fingerprint density at radius 3 is 2.94 bits per heavy atom. The van der Waals surface area contributed by atoms with Crippen molar-refractivity contribution in [2.75, 3.05) is 20.3 Å². The van der Waals surface area contributed by atoms with Gasteiger partial charge in [0.1, 0.15) is 0 Å². The summed E-state index contributed by atoms with van der Waals surface area (Å²) in [5, 5.41) is 4.15. The van der Waals surface area contributed by atoms with Crippen LogP contribution in [0.25, 0.3) is 0 Å². The molecule has 0 N–H and O–H groups in total. The molecule has 1 aromatic rings. The van der Waals surface area contributed by atoms with E-state index in [1.54, 1.807) is 0 Å². The highest BCUT2D eigenvalue weighted by Crippen LogP contribution is 2.19. The zero-order valence-corrected chi connectivity index (χ0v) is 10.4. The number of nitrogens with zero attached hydrogens (tertiary/aromatic N) is 2. The molecule has 0 spiro atoms. The maximum atomic E-state index is 11.9. The molecular weight excluding hydrogens is 244 g/mol. The van der Waals surface area contributed by atoms with Crippen LogP contribution in [0.15, 0.2) is 11.0 Å². The monoisotopic (exact) mass is 258 g/mol. The Morgan fingerprint density at radius 2 is 2.29 bits per heavy atom. The number of halogens is 1. The van der Waals surface area contributed by atoms with Crippen LogP contribution in [0.5, 0.6) is 5.75 Å². The molecule has 1 aliphatic heterocycles. The van der Waals surface area contributed by atoms with Gasteiger partial charge in [0.25, 0.3) is 5.56 Å². The molecule has 94 valence electrons. The number of aromatic nitrogens is 2. The van der Waals surface area contributed by atoms with Crippen molar-refractivity contribution in [3.8, 4) is 5.75 Å². The molecule has 0 unspecified atom stereocenters. The maximum Gasteiger partial charge on any atom is 0.289 e. The molecule has 2 heterocycles. The highest BCUT2D eigenvalue weighted by Gasteiger charge is 2.17. The van der Waals surface area contributed by atoms with Crippen molar-refractivity contribution < 1.29 is 9.47 Å². The molecule has 1 aliphatic rings. The molecule has 1 fully saturated rings. The van der Waals surface area contributed by atoms with E-state index < -0.39 is 0 Å². The van der Waals surface area contributed by atoms with Crippen LogP contribution in [0.1, 0.15) is 12.8 Å². The van der Waals surface area contributed by atoms with Gasteiger partial charge in [-0.3, -0.25) is 4.79 Å². The van der Waals surface area contributed by atoms with Crippen LogP contribution in [0, 0.1) is 5.92 Å². The van der Waals surface area contributed by atoms with Gasteiger partial charge in [-0.05, 0) is 18.8 Å². The molecule has 0 radical (unpaired) electrons. The summed E-state index contributed by atoms with van der Waals surface area (Å²) >= 11 is 5.89. The van der Waals surface area contributed by atoms with E-state index in [4.69, 9.17) is 21.1 Å². The van der Waals surface area contributed by atoms with E-state index in [0.29, 0.717) is 18.2 Å². The third-order valence-electron chi connectivity index (χ3n) is 2.94. The molecule has 6 heteroatoms. The molecule has 0 amide bonds. The summed E-state index contributed by atoms with van der Waals surface area (Å²) in [6.45, 7) is 2.10.